The van der Waals surface area contributed by atoms with E-state index in [0.717, 1.165) is 21.7 Å². The molecule has 0 aliphatic heterocycles. The van der Waals surface area contributed by atoms with Gasteiger partial charge in [0.25, 0.3) is 0 Å². The Morgan fingerprint density at radius 3 is 2.33 bits per heavy atom. The second-order valence-corrected chi connectivity index (χ2v) is 10.4. The topological polar surface area (TPSA) is 86.8 Å². The second-order valence-electron chi connectivity index (χ2n) is 7.69. The van der Waals surface area contributed by atoms with Crippen molar-refractivity contribution in [3.8, 4) is 0 Å². The second kappa shape index (κ2) is 11.7. The molecule has 7 nitrogen and oxygen atoms in total. The van der Waals surface area contributed by atoms with Gasteiger partial charge in [-0.2, -0.15) is 0 Å². The SMILES string of the molecule is CCNC(=O)[C@H](CC)N(Cc1cccc(C)c1)C(=O)CN(c1ccc(Cl)cc1Cl)S(C)(=O)=O. The van der Waals surface area contributed by atoms with Crippen molar-refractivity contribution in [3.63, 3.8) is 0 Å². The van der Waals surface area contributed by atoms with Crippen LogP contribution in [-0.4, -0.2) is 50.5 Å². The van der Waals surface area contributed by atoms with Gasteiger partial charge in [0.2, 0.25) is 21.8 Å². The monoisotopic (exact) mass is 513 g/mol. The number of hydrogen-bond donors (Lipinski definition) is 1. The van der Waals surface area contributed by atoms with Crippen LogP contribution in [0, 0.1) is 6.92 Å². The fourth-order valence-corrected chi connectivity index (χ4v) is 4.92. The Kier molecular flexibility index (Phi) is 9.57. The third-order valence-electron chi connectivity index (χ3n) is 5.03. The number of benzene rings is 2. The van der Waals surface area contributed by atoms with Gasteiger partial charge in [-0.05, 0) is 44.0 Å². The van der Waals surface area contributed by atoms with Gasteiger partial charge in [0.15, 0.2) is 0 Å². The number of anilines is 1. The highest BCUT2D eigenvalue weighted by Gasteiger charge is 2.32. The van der Waals surface area contributed by atoms with Crippen LogP contribution in [-0.2, 0) is 26.2 Å². The highest BCUT2D eigenvalue weighted by molar-refractivity contribution is 7.92. The molecule has 0 spiro atoms. The molecule has 0 aliphatic rings. The Labute approximate surface area is 205 Å². The molecule has 0 aromatic heterocycles. The van der Waals surface area contributed by atoms with Crippen LogP contribution in [0.2, 0.25) is 10.0 Å². The van der Waals surface area contributed by atoms with Crippen LogP contribution in [0.3, 0.4) is 0 Å². The molecule has 0 saturated heterocycles. The molecule has 0 saturated carbocycles. The number of sulfonamides is 1. The molecule has 0 radical (unpaired) electrons. The molecule has 0 aliphatic carbocycles. The summed E-state index contributed by atoms with van der Waals surface area (Å²) in [5.41, 5.74) is 1.98. The smallest absolute Gasteiger partial charge is 0.244 e. The van der Waals surface area contributed by atoms with E-state index in [-0.39, 0.29) is 23.2 Å². The number of carbonyl (C=O) groups is 2. The first-order valence-electron chi connectivity index (χ1n) is 10.5. The molecule has 10 heteroatoms. The van der Waals surface area contributed by atoms with Gasteiger partial charge in [0.05, 0.1) is 17.0 Å². The van der Waals surface area contributed by atoms with Gasteiger partial charge in [-0.25, -0.2) is 8.42 Å². The zero-order chi connectivity index (χ0) is 24.8. The van der Waals surface area contributed by atoms with Crippen LogP contribution in [0.25, 0.3) is 0 Å². The lowest BCUT2D eigenvalue weighted by Gasteiger charge is -2.33. The summed E-state index contributed by atoms with van der Waals surface area (Å²) in [5, 5.41) is 3.20. The summed E-state index contributed by atoms with van der Waals surface area (Å²) < 4.78 is 26.1. The third kappa shape index (κ3) is 7.35. The van der Waals surface area contributed by atoms with E-state index in [2.05, 4.69) is 5.32 Å². The Morgan fingerprint density at radius 1 is 1.09 bits per heavy atom. The van der Waals surface area contributed by atoms with Crippen LogP contribution in [0.5, 0.6) is 0 Å². The summed E-state index contributed by atoms with van der Waals surface area (Å²) >= 11 is 12.2. The predicted octanol–water partition coefficient (Wildman–Crippen LogP) is 4.01. The maximum absolute atomic E-state index is 13.5. The lowest BCUT2D eigenvalue weighted by atomic mass is 10.1. The van der Waals surface area contributed by atoms with Crippen LogP contribution in [0.1, 0.15) is 31.4 Å². The zero-order valence-corrected chi connectivity index (χ0v) is 21.5. The van der Waals surface area contributed by atoms with Crippen LogP contribution >= 0.6 is 23.2 Å². The molecule has 2 aromatic carbocycles. The van der Waals surface area contributed by atoms with Gasteiger partial charge in [0, 0.05) is 18.1 Å². The van der Waals surface area contributed by atoms with Crippen molar-refractivity contribution in [3.05, 3.63) is 63.6 Å². The molecular formula is C23H29Cl2N3O4S. The van der Waals surface area contributed by atoms with Gasteiger partial charge in [-0.3, -0.25) is 13.9 Å². The Hall–Kier alpha value is -2.29. The molecule has 1 atom stereocenters. The molecule has 2 rings (SSSR count). The molecule has 2 aromatic rings. The summed E-state index contributed by atoms with van der Waals surface area (Å²) in [6.07, 6.45) is 1.36. The minimum atomic E-state index is -3.87. The van der Waals surface area contributed by atoms with Gasteiger partial charge < -0.3 is 10.2 Å². The quantitative estimate of drug-likeness (QED) is 0.519. The average Bonchev–Trinajstić information content (AvgIpc) is 2.71. The highest BCUT2D eigenvalue weighted by Crippen LogP contribution is 2.30. The van der Waals surface area contributed by atoms with Crippen LogP contribution in [0.15, 0.2) is 42.5 Å². The highest BCUT2D eigenvalue weighted by atomic mass is 35.5. The third-order valence-corrected chi connectivity index (χ3v) is 6.69. The van der Waals surface area contributed by atoms with Crippen molar-refractivity contribution in [1.82, 2.24) is 10.2 Å². The molecule has 0 heterocycles. The number of carbonyl (C=O) groups excluding carboxylic acids is 2. The number of aryl methyl sites for hydroxylation is 1. The standard InChI is InChI=1S/C23H29Cl2N3O4S/c1-5-20(23(30)26-6-2)27(14-17-9-7-8-16(3)12-17)22(29)15-28(33(4,31)32)21-11-10-18(24)13-19(21)25/h7-13,20H,5-6,14-15H2,1-4H3,(H,26,30)/t20-/m0/s1. The number of halogens is 2. The first kappa shape index (κ1) is 27.0. The first-order valence-corrected chi connectivity index (χ1v) is 13.1. The van der Waals surface area contributed by atoms with Gasteiger partial charge >= 0.3 is 0 Å². The van der Waals surface area contributed by atoms with Gasteiger partial charge in [0.1, 0.15) is 12.6 Å². The van der Waals surface area contributed by atoms with E-state index < -0.39 is 28.5 Å². The van der Waals surface area contributed by atoms with Gasteiger partial charge in [-0.1, -0.05) is 60.0 Å². The summed E-state index contributed by atoms with van der Waals surface area (Å²) in [4.78, 5) is 27.7. The van der Waals surface area contributed by atoms with Crippen LogP contribution in [0.4, 0.5) is 5.69 Å². The number of likely N-dealkylation sites (N-methyl/N-ethyl adjacent to an activating group) is 1. The summed E-state index contributed by atoms with van der Waals surface area (Å²) in [6.45, 7) is 5.60. The van der Waals surface area contributed by atoms with Crippen molar-refractivity contribution in [2.24, 2.45) is 0 Å². The molecule has 0 unspecified atom stereocenters. The molecule has 180 valence electrons. The minimum absolute atomic E-state index is 0.0988. The minimum Gasteiger partial charge on any atom is -0.355 e. The van der Waals surface area contributed by atoms with Crippen LogP contribution < -0.4 is 9.62 Å². The number of hydrogen-bond acceptors (Lipinski definition) is 4. The summed E-state index contributed by atoms with van der Waals surface area (Å²) in [6, 6.07) is 11.2. The maximum atomic E-state index is 13.5. The summed E-state index contributed by atoms with van der Waals surface area (Å²) in [5.74, 6) is -0.817. The van der Waals surface area contributed by atoms with E-state index in [1.165, 1.54) is 23.1 Å². The molecule has 0 bridgehead atoms. The first-order chi connectivity index (χ1) is 15.5. The number of nitrogens with one attached hydrogen (secondary N) is 1. The molecular weight excluding hydrogens is 485 g/mol. The van der Waals surface area contributed by atoms with E-state index in [1.54, 1.807) is 13.8 Å². The summed E-state index contributed by atoms with van der Waals surface area (Å²) in [7, 11) is -3.87. The normalized spacial score (nSPS) is 12.2. The van der Waals surface area contributed by atoms with E-state index in [9.17, 15) is 18.0 Å². The molecule has 2 amide bonds. The van der Waals surface area contributed by atoms with Gasteiger partial charge in [-0.15, -0.1) is 0 Å². The van der Waals surface area contributed by atoms with E-state index in [0.29, 0.717) is 18.0 Å². The number of rotatable bonds is 10. The Morgan fingerprint density at radius 2 is 1.79 bits per heavy atom. The molecule has 33 heavy (non-hydrogen) atoms. The maximum Gasteiger partial charge on any atom is 0.244 e. The van der Waals surface area contributed by atoms with Crippen molar-refractivity contribution >= 4 is 50.7 Å². The number of amides is 2. The Bertz CT molecular complexity index is 1110. The largest absolute Gasteiger partial charge is 0.355 e. The van der Waals surface area contributed by atoms with Crippen molar-refractivity contribution in [2.75, 3.05) is 23.7 Å². The van der Waals surface area contributed by atoms with Crippen molar-refractivity contribution in [2.45, 2.75) is 39.8 Å². The van der Waals surface area contributed by atoms with E-state index in [4.69, 9.17) is 23.2 Å². The van der Waals surface area contributed by atoms with E-state index in [1.807, 2.05) is 31.2 Å². The van der Waals surface area contributed by atoms with Crippen molar-refractivity contribution < 1.29 is 18.0 Å². The zero-order valence-electron chi connectivity index (χ0n) is 19.1. The molecule has 0 fully saturated rings. The van der Waals surface area contributed by atoms with E-state index >= 15 is 0 Å². The number of nitrogens with zero attached hydrogens (tertiary/aromatic N) is 2. The van der Waals surface area contributed by atoms with Crippen molar-refractivity contribution in [1.29, 1.82) is 0 Å². The predicted molar refractivity (Wildman–Crippen MR) is 133 cm³/mol. The Balaban J connectivity index is 2.46. The fraction of sp³-hybridized carbons (Fsp3) is 0.391. The lowest BCUT2D eigenvalue weighted by Crippen LogP contribution is -2.52. The average molecular weight is 514 g/mol. The fourth-order valence-electron chi connectivity index (χ4n) is 3.50. The molecule has 1 N–H and O–H groups in total. The lowest BCUT2D eigenvalue weighted by molar-refractivity contribution is -0.140.